The van der Waals surface area contributed by atoms with Crippen molar-refractivity contribution in [1.82, 2.24) is 5.43 Å². The fourth-order valence-corrected chi connectivity index (χ4v) is 2.49. The first kappa shape index (κ1) is 21.1. The number of hydrazone groups is 1. The Hall–Kier alpha value is -3.22. The summed E-state index contributed by atoms with van der Waals surface area (Å²) in [6.45, 7) is 9.58. The molecule has 0 spiro atoms. The van der Waals surface area contributed by atoms with E-state index in [-0.39, 0.29) is 23.5 Å². The van der Waals surface area contributed by atoms with Gasteiger partial charge in [0.2, 0.25) is 0 Å². The summed E-state index contributed by atoms with van der Waals surface area (Å²) in [5, 5.41) is 15.2. The van der Waals surface area contributed by atoms with E-state index >= 15 is 0 Å². The molecule has 0 unspecified atom stereocenters. The van der Waals surface area contributed by atoms with Crippen LogP contribution in [0.3, 0.4) is 0 Å². The molecular weight excluding hydrogens is 358 g/mol. The van der Waals surface area contributed by atoms with Crippen LogP contribution in [0.4, 0.5) is 5.69 Å². The van der Waals surface area contributed by atoms with Crippen molar-refractivity contribution in [3.8, 4) is 5.75 Å². The number of nitrogens with zero attached hydrogens (tertiary/aromatic N) is 2. The summed E-state index contributed by atoms with van der Waals surface area (Å²) in [7, 11) is 0. The molecule has 148 valence electrons. The summed E-state index contributed by atoms with van der Waals surface area (Å²) in [5.74, 6) is -0.454. The Morgan fingerprint density at radius 1 is 1.18 bits per heavy atom. The molecule has 0 radical (unpaired) electrons. The number of nitro groups is 1. The van der Waals surface area contributed by atoms with Gasteiger partial charge in [0.15, 0.2) is 12.4 Å². The van der Waals surface area contributed by atoms with Gasteiger partial charge >= 0.3 is 5.69 Å². The van der Waals surface area contributed by atoms with Gasteiger partial charge in [0.05, 0.1) is 10.6 Å². The SMILES string of the molecule is C/C(=N\NC(=O)COc1ccc(C)cc1[N+](=O)[O-])c1ccc(C(C)(C)C)cc1. The summed E-state index contributed by atoms with van der Waals surface area (Å²) in [6, 6.07) is 12.5. The number of aryl methyl sites for hydroxylation is 1. The molecule has 7 heteroatoms. The molecule has 0 aliphatic carbocycles. The highest BCUT2D eigenvalue weighted by Gasteiger charge is 2.16. The van der Waals surface area contributed by atoms with E-state index in [1.807, 2.05) is 24.3 Å². The van der Waals surface area contributed by atoms with Gasteiger partial charge in [0.1, 0.15) is 0 Å². The van der Waals surface area contributed by atoms with Crippen LogP contribution in [0.25, 0.3) is 0 Å². The molecule has 0 fully saturated rings. The Kier molecular flexibility index (Phi) is 6.51. The molecule has 2 rings (SSSR count). The summed E-state index contributed by atoms with van der Waals surface area (Å²) < 4.78 is 5.28. The van der Waals surface area contributed by atoms with Crippen LogP contribution in [0.5, 0.6) is 5.75 Å². The molecule has 0 saturated heterocycles. The molecule has 0 saturated carbocycles. The zero-order valence-corrected chi connectivity index (χ0v) is 16.8. The molecule has 0 bridgehead atoms. The lowest BCUT2D eigenvalue weighted by molar-refractivity contribution is -0.385. The second-order valence-corrected chi connectivity index (χ2v) is 7.58. The molecule has 0 atom stereocenters. The van der Waals surface area contributed by atoms with E-state index in [0.717, 1.165) is 11.1 Å². The third-order valence-corrected chi connectivity index (χ3v) is 4.19. The van der Waals surface area contributed by atoms with E-state index in [1.165, 1.54) is 17.7 Å². The van der Waals surface area contributed by atoms with E-state index in [0.29, 0.717) is 5.71 Å². The molecule has 1 amide bonds. The van der Waals surface area contributed by atoms with Crippen molar-refractivity contribution in [3.05, 3.63) is 69.3 Å². The quantitative estimate of drug-likeness (QED) is 0.461. The van der Waals surface area contributed by atoms with Gasteiger partial charge in [-0.15, -0.1) is 0 Å². The van der Waals surface area contributed by atoms with E-state index in [1.54, 1.807) is 19.9 Å². The topological polar surface area (TPSA) is 93.8 Å². The number of nitro benzene ring substituents is 1. The highest BCUT2D eigenvalue weighted by atomic mass is 16.6. The number of hydrogen-bond donors (Lipinski definition) is 1. The van der Waals surface area contributed by atoms with Crippen molar-refractivity contribution in [3.63, 3.8) is 0 Å². The first-order valence-electron chi connectivity index (χ1n) is 8.90. The summed E-state index contributed by atoms with van der Waals surface area (Å²) in [4.78, 5) is 22.5. The van der Waals surface area contributed by atoms with Gasteiger partial charge in [-0.3, -0.25) is 14.9 Å². The number of ether oxygens (including phenoxy) is 1. The van der Waals surface area contributed by atoms with Crippen LogP contribution in [-0.2, 0) is 10.2 Å². The van der Waals surface area contributed by atoms with Crippen molar-refractivity contribution in [1.29, 1.82) is 0 Å². The molecule has 0 aliphatic rings. The smallest absolute Gasteiger partial charge is 0.311 e. The molecule has 2 aromatic carbocycles. The van der Waals surface area contributed by atoms with Gasteiger partial charge in [-0.2, -0.15) is 5.10 Å². The summed E-state index contributed by atoms with van der Waals surface area (Å²) in [6.07, 6.45) is 0. The second kappa shape index (κ2) is 8.65. The lowest BCUT2D eigenvalue weighted by atomic mass is 9.86. The van der Waals surface area contributed by atoms with Gasteiger partial charge in [-0.25, -0.2) is 5.43 Å². The van der Waals surface area contributed by atoms with Crippen molar-refractivity contribution in [2.75, 3.05) is 6.61 Å². The van der Waals surface area contributed by atoms with Crippen LogP contribution in [0.2, 0.25) is 0 Å². The molecule has 1 N–H and O–H groups in total. The highest BCUT2D eigenvalue weighted by molar-refractivity contribution is 5.99. The lowest BCUT2D eigenvalue weighted by Gasteiger charge is -2.19. The second-order valence-electron chi connectivity index (χ2n) is 7.58. The fourth-order valence-electron chi connectivity index (χ4n) is 2.49. The Labute approximate surface area is 164 Å². The largest absolute Gasteiger partial charge is 0.477 e. The van der Waals surface area contributed by atoms with Crippen molar-refractivity contribution >= 4 is 17.3 Å². The van der Waals surface area contributed by atoms with Gasteiger partial charge in [0.25, 0.3) is 5.91 Å². The van der Waals surface area contributed by atoms with E-state index < -0.39 is 10.8 Å². The number of carbonyl (C=O) groups excluding carboxylic acids is 1. The summed E-state index contributed by atoms with van der Waals surface area (Å²) in [5.41, 5.74) is 5.79. The number of rotatable bonds is 6. The van der Waals surface area contributed by atoms with E-state index in [9.17, 15) is 14.9 Å². The number of amides is 1. The zero-order valence-electron chi connectivity index (χ0n) is 16.8. The van der Waals surface area contributed by atoms with Crippen LogP contribution < -0.4 is 10.2 Å². The zero-order chi connectivity index (χ0) is 20.9. The first-order valence-corrected chi connectivity index (χ1v) is 8.90. The normalized spacial score (nSPS) is 11.8. The lowest BCUT2D eigenvalue weighted by Crippen LogP contribution is -2.25. The molecule has 2 aromatic rings. The molecule has 0 aromatic heterocycles. The standard InChI is InChI=1S/C21H25N3O4/c1-14-6-11-19(18(12-14)24(26)27)28-13-20(25)23-22-15(2)16-7-9-17(10-8-16)21(3,4)5/h6-12H,13H2,1-5H3,(H,23,25)/b22-15+. The van der Waals surface area contributed by atoms with Crippen LogP contribution >= 0.6 is 0 Å². The van der Waals surface area contributed by atoms with Crippen LogP contribution in [0.1, 0.15) is 44.4 Å². The Morgan fingerprint density at radius 2 is 1.82 bits per heavy atom. The Bertz CT molecular complexity index is 897. The number of benzene rings is 2. The predicted molar refractivity (Wildman–Crippen MR) is 109 cm³/mol. The van der Waals surface area contributed by atoms with Gasteiger partial charge in [0, 0.05) is 6.07 Å². The number of hydrogen-bond acceptors (Lipinski definition) is 5. The first-order chi connectivity index (χ1) is 13.1. The van der Waals surface area contributed by atoms with E-state index in [2.05, 4.69) is 31.3 Å². The highest BCUT2D eigenvalue weighted by Crippen LogP contribution is 2.27. The maximum absolute atomic E-state index is 12.0. The average molecular weight is 383 g/mol. The predicted octanol–water partition coefficient (Wildman–Crippen LogP) is 4.12. The number of nitrogens with one attached hydrogen (secondary N) is 1. The Balaban J connectivity index is 1.97. The number of carbonyl (C=O) groups is 1. The van der Waals surface area contributed by atoms with Gasteiger partial charge in [-0.05, 0) is 42.0 Å². The fraction of sp³-hybridized carbons (Fsp3) is 0.333. The maximum Gasteiger partial charge on any atom is 0.311 e. The van der Waals surface area contributed by atoms with Crippen LogP contribution in [0, 0.1) is 17.0 Å². The van der Waals surface area contributed by atoms with E-state index in [4.69, 9.17) is 4.74 Å². The minimum Gasteiger partial charge on any atom is -0.477 e. The molecule has 7 nitrogen and oxygen atoms in total. The van der Waals surface area contributed by atoms with Crippen molar-refractivity contribution in [2.45, 2.75) is 40.0 Å². The molecule has 0 heterocycles. The van der Waals surface area contributed by atoms with Crippen LogP contribution in [0.15, 0.2) is 47.6 Å². The van der Waals surface area contributed by atoms with Crippen molar-refractivity contribution < 1.29 is 14.5 Å². The monoisotopic (exact) mass is 383 g/mol. The molecular formula is C21H25N3O4. The van der Waals surface area contributed by atoms with Crippen molar-refractivity contribution in [2.24, 2.45) is 5.10 Å². The molecule has 0 aliphatic heterocycles. The average Bonchev–Trinajstić information content (AvgIpc) is 2.64. The Morgan fingerprint density at radius 3 is 2.39 bits per heavy atom. The summed E-state index contributed by atoms with van der Waals surface area (Å²) >= 11 is 0. The third kappa shape index (κ3) is 5.64. The molecule has 28 heavy (non-hydrogen) atoms. The van der Waals surface area contributed by atoms with Gasteiger partial charge < -0.3 is 4.74 Å². The van der Waals surface area contributed by atoms with Gasteiger partial charge in [-0.1, -0.05) is 51.1 Å². The van der Waals surface area contributed by atoms with Crippen LogP contribution in [-0.4, -0.2) is 23.1 Å². The minimum atomic E-state index is -0.538. The third-order valence-electron chi connectivity index (χ3n) is 4.19. The minimum absolute atomic E-state index is 0.0456. The maximum atomic E-state index is 12.0.